The van der Waals surface area contributed by atoms with Crippen LogP contribution in [-0.2, 0) is 14.8 Å². The summed E-state index contributed by atoms with van der Waals surface area (Å²) in [6.07, 6.45) is 0.584. The van der Waals surface area contributed by atoms with E-state index in [1.54, 1.807) is 17.6 Å². The topological polar surface area (TPSA) is 79.4 Å². The molecule has 0 atom stereocenters. The zero-order chi connectivity index (χ0) is 14.2. The van der Waals surface area contributed by atoms with Crippen molar-refractivity contribution in [2.75, 3.05) is 24.2 Å². The molecule has 0 aliphatic carbocycles. The number of nitrogens with one attached hydrogen (secondary N) is 1. The van der Waals surface area contributed by atoms with E-state index in [2.05, 4.69) is 10.3 Å². The van der Waals surface area contributed by atoms with Crippen LogP contribution >= 0.6 is 11.3 Å². The summed E-state index contributed by atoms with van der Waals surface area (Å²) < 4.78 is 25.5. The van der Waals surface area contributed by atoms with Gasteiger partial charge in [-0.25, -0.2) is 13.4 Å². The summed E-state index contributed by atoms with van der Waals surface area (Å²) in [4.78, 5) is 16.1. The van der Waals surface area contributed by atoms with E-state index in [1.165, 1.54) is 15.6 Å². The number of aromatic nitrogens is 1. The molecule has 1 aliphatic rings. The fraction of sp³-hybridized carbons (Fsp3) is 0.333. The fourth-order valence-electron chi connectivity index (χ4n) is 2.17. The molecule has 1 saturated heterocycles. The highest BCUT2D eigenvalue weighted by molar-refractivity contribution is 7.89. The molecule has 20 heavy (non-hydrogen) atoms. The molecule has 0 spiro atoms. The highest BCUT2D eigenvalue weighted by Crippen LogP contribution is 2.21. The molecule has 6 nitrogen and oxygen atoms in total. The number of hydrogen-bond donors (Lipinski definition) is 1. The van der Waals surface area contributed by atoms with Crippen LogP contribution in [0.5, 0.6) is 0 Å². The summed E-state index contributed by atoms with van der Waals surface area (Å²) in [7, 11) is -3.24. The number of nitrogens with zero attached hydrogens (tertiary/aromatic N) is 2. The number of carbonyl (C=O) groups is 1. The molecule has 2 heterocycles. The zero-order valence-electron chi connectivity index (χ0n) is 10.6. The van der Waals surface area contributed by atoms with Crippen LogP contribution in [0.2, 0.25) is 0 Å². The van der Waals surface area contributed by atoms with E-state index in [9.17, 15) is 13.2 Å². The van der Waals surface area contributed by atoms with Crippen LogP contribution in [0.15, 0.2) is 23.7 Å². The molecule has 0 unspecified atom stereocenters. The van der Waals surface area contributed by atoms with Crippen LogP contribution in [0.4, 0.5) is 5.69 Å². The molecule has 1 aromatic carbocycles. The van der Waals surface area contributed by atoms with Gasteiger partial charge in [0.1, 0.15) is 0 Å². The van der Waals surface area contributed by atoms with E-state index in [0.717, 1.165) is 10.2 Å². The molecule has 8 heteroatoms. The number of benzene rings is 1. The van der Waals surface area contributed by atoms with E-state index in [-0.39, 0.29) is 18.2 Å². The van der Waals surface area contributed by atoms with Crippen molar-refractivity contribution in [3.8, 4) is 0 Å². The maximum atomic E-state index is 11.9. The van der Waals surface area contributed by atoms with Crippen molar-refractivity contribution < 1.29 is 13.2 Å². The van der Waals surface area contributed by atoms with E-state index < -0.39 is 10.0 Å². The van der Waals surface area contributed by atoms with Gasteiger partial charge >= 0.3 is 0 Å². The molecule has 0 bridgehead atoms. The number of thiazole rings is 1. The predicted octanol–water partition coefficient (Wildman–Crippen LogP) is 1.27. The molecule has 1 N–H and O–H groups in total. The Kier molecular flexibility index (Phi) is 3.45. The molecule has 106 valence electrons. The Labute approximate surface area is 120 Å². The van der Waals surface area contributed by atoms with Crippen LogP contribution in [0.3, 0.4) is 0 Å². The first-order valence-corrected chi connectivity index (χ1v) is 8.64. The standard InChI is InChI=1S/C12H13N3O3S2/c16-12(7-15-4-1-5-20(15,17)18)14-9-2-3-11-10(6-9)13-8-19-11/h2-3,6,8H,1,4-5,7H2,(H,14,16). The summed E-state index contributed by atoms with van der Waals surface area (Å²) in [6, 6.07) is 5.45. The lowest BCUT2D eigenvalue weighted by Gasteiger charge is -2.13. The largest absolute Gasteiger partial charge is 0.325 e. The van der Waals surface area contributed by atoms with Gasteiger partial charge in [-0.05, 0) is 24.6 Å². The van der Waals surface area contributed by atoms with Crippen LogP contribution in [0, 0.1) is 0 Å². The highest BCUT2D eigenvalue weighted by atomic mass is 32.2. The van der Waals surface area contributed by atoms with Gasteiger partial charge in [-0.1, -0.05) is 0 Å². The summed E-state index contributed by atoms with van der Waals surface area (Å²) in [5, 5.41) is 2.71. The van der Waals surface area contributed by atoms with Crippen molar-refractivity contribution in [2.24, 2.45) is 0 Å². The van der Waals surface area contributed by atoms with E-state index >= 15 is 0 Å². The van der Waals surface area contributed by atoms with E-state index in [0.29, 0.717) is 18.7 Å². The number of anilines is 1. The van der Waals surface area contributed by atoms with Gasteiger partial charge in [0.05, 0.1) is 28.0 Å². The Hall–Kier alpha value is -1.51. The highest BCUT2D eigenvalue weighted by Gasteiger charge is 2.29. The monoisotopic (exact) mass is 311 g/mol. The first-order chi connectivity index (χ1) is 9.54. The minimum atomic E-state index is -3.24. The normalized spacial score (nSPS) is 18.4. The van der Waals surface area contributed by atoms with E-state index in [4.69, 9.17) is 0 Å². The first kappa shape index (κ1) is 13.5. The molecule has 3 rings (SSSR count). The van der Waals surface area contributed by atoms with Crippen molar-refractivity contribution >= 4 is 43.2 Å². The van der Waals surface area contributed by atoms with Crippen molar-refractivity contribution in [3.05, 3.63) is 23.7 Å². The maximum Gasteiger partial charge on any atom is 0.239 e. The van der Waals surface area contributed by atoms with Gasteiger partial charge in [-0.15, -0.1) is 11.3 Å². The Balaban J connectivity index is 1.69. The third-order valence-electron chi connectivity index (χ3n) is 3.14. The van der Waals surface area contributed by atoms with Gasteiger partial charge in [-0.3, -0.25) is 4.79 Å². The van der Waals surface area contributed by atoms with Gasteiger partial charge in [-0.2, -0.15) is 4.31 Å². The van der Waals surface area contributed by atoms with Crippen molar-refractivity contribution in [1.29, 1.82) is 0 Å². The quantitative estimate of drug-likeness (QED) is 0.926. The molecule has 2 aromatic rings. The molecule has 0 saturated carbocycles. The molecule has 1 aromatic heterocycles. The number of rotatable bonds is 3. The molecular weight excluding hydrogens is 298 g/mol. The number of amides is 1. The lowest BCUT2D eigenvalue weighted by molar-refractivity contribution is -0.116. The second-order valence-electron chi connectivity index (χ2n) is 4.59. The van der Waals surface area contributed by atoms with E-state index in [1.807, 2.05) is 6.07 Å². The molecular formula is C12H13N3O3S2. The first-order valence-electron chi connectivity index (χ1n) is 6.15. The van der Waals surface area contributed by atoms with Crippen molar-refractivity contribution in [3.63, 3.8) is 0 Å². The second-order valence-corrected chi connectivity index (χ2v) is 7.56. The second kappa shape index (κ2) is 5.12. The fourth-order valence-corrected chi connectivity index (χ4v) is 4.30. The summed E-state index contributed by atoms with van der Waals surface area (Å²) in [6.45, 7) is 0.290. The Bertz CT molecular complexity index is 754. The van der Waals surface area contributed by atoms with Gasteiger partial charge < -0.3 is 5.32 Å². The average Bonchev–Trinajstić information content (AvgIpc) is 2.96. The van der Waals surface area contributed by atoms with Gasteiger partial charge in [0.15, 0.2) is 0 Å². The Morgan fingerprint density at radius 2 is 2.30 bits per heavy atom. The SMILES string of the molecule is O=C(CN1CCCS1(=O)=O)Nc1ccc2scnc2c1. The number of carbonyl (C=O) groups excluding carboxylic acids is 1. The maximum absolute atomic E-state index is 11.9. The lowest BCUT2D eigenvalue weighted by atomic mass is 10.3. The van der Waals surface area contributed by atoms with Gasteiger partial charge in [0.2, 0.25) is 15.9 Å². The summed E-state index contributed by atoms with van der Waals surface area (Å²) in [5.41, 5.74) is 3.19. The minimum absolute atomic E-state index is 0.128. The molecule has 1 fully saturated rings. The number of fused-ring (bicyclic) bond motifs is 1. The smallest absolute Gasteiger partial charge is 0.239 e. The van der Waals surface area contributed by atoms with Crippen molar-refractivity contribution in [1.82, 2.24) is 9.29 Å². The van der Waals surface area contributed by atoms with Crippen LogP contribution in [0.25, 0.3) is 10.2 Å². The molecule has 1 amide bonds. The van der Waals surface area contributed by atoms with Crippen LogP contribution in [-0.4, -0.2) is 42.5 Å². The van der Waals surface area contributed by atoms with Crippen molar-refractivity contribution in [2.45, 2.75) is 6.42 Å². The number of sulfonamides is 1. The summed E-state index contributed by atoms with van der Waals surface area (Å²) >= 11 is 1.53. The average molecular weight is 311 g/mol. The van der Waals surface area contributed by atoms with Gasteiger partial charge in [0, 0.05) is 12.2 Å². The third kappa shape index (κ3) is 2.67. The van der Waals surface area contributed by atoms with Gasteiger partial charge in [0.25, 0.3) is 0 Å². The zero-order valence-corrected chi connectivity index (χ0v) is 12.2. The van der Waals surface area contributed by atoms with Crippen LogP contribution < -0.4 is 5.32 Å². The molecule has 1 aliphatic heterocycles. The Morgan fingerprint density at radius 1 is 1.45 bits per heavy atom. The number of hydrogen-bond acceptors (Lipinski definition) is 5. The lowest BCUT2D eigenvalue weighted by Crippen LogP contribution is -2.34. The summed E-state index contributed by atoms with van der Waals surface area (Å²) in [5.74, 6) is -0.199. The Morgan fingerprint density at radius 3 is 3.05 bits per heavy atom. The van der Waals surface area contributed by atoms with Crippen LogP contribution in [0.1, 0.15) is 6.42 Å². The predicted molar refractivity (Wildman–Crippen MR) is 78.2 cm³/mol. The molecule has 0 radical (unpaired) electrons. The minimum Gasteiger partial charge on any atom is -0.325 e. The third-order valence-corrected chi connectivity index (χ3v) is 5.85.